The Kier molecular flexibility index (Phi) is 3.92. The number of aromatic amines is 1. The summed E-state index contributed by atoms with van der Waals surface area (Å²) in [5.74, 6) is 0.742. The Morgan fingerprint density at radius 1 is 1.38 bits per heavy atom. The zero-order chi connectivity index (χ0) is 14.8. The van der Waals surface area contributed by atoms with Crippen LogP contribution in [0.2, 0.25) is 0 Å². The Balaban J connectivity index is 1.59. The SMILES string of the molecule is CC(=NNC(=O)c1cc(Br)c[nH]1)C1CC1c1ccccc1. The summed E-state index contributed by atoms with van der Waals surface area (Å²) in [6.07, 6.45) is 2.82. The Morgan fingerprint density at radius 2 is 2.14 bits per heavy atom. The summed E-state index contributed by atoms with van der Waals surface area (Å²) in [7, 11) is 0. The van der Waals surface area contributed by atoms with Crippen LogP contribution < -0.4 is 5.43 Å². The smallest absolute Gasteiger partial charge is 0.287 e. The largest absolute Gasteiger partial charge is 0.356 e. The monoisotopic (exact) mass is 345 g/mol. The van der Waals surface area contributed by atoms with E-state index in [9.17, 15) is 4.79 Å². The number of halogens is 1. The second kappa shape index (κ2) is 5.85. The number of nitrogens with zero attached hydrogens (tertiary/aromatic N) is 1. The van der Waals surface area contributed by atoms with Gasteiger partial charge in [-0.05, 0) is 46.8 Å². The average molecular weight is 346 g/mol. The van der Waals surface area contributed by atoms with Crippen LogP contribution in [-0.2, 0) is 0 Å². The van der Waals surface area contributed by atoms with Crippen molar-refractivity contribution >= 4 is 27.5 Å². The van der Waals surface area contributed by atoms with Crippen molar-refractivity contribution in [2.75, 3.05) is 0 Å². The molecule has 1 aliphatic rings. The molecule has 0 radical (unpaired) electrons. The molecular weight excluding hydrogens is 330 g/mol. The van der Waals surface area contributed by atoms with Crippen LogP contribution in [0.25, 0.3) is 0 Å². The number of amides is 1. The Hall–Kier alpha value is -1.88. The molecule has 1 saturated carbocycles. The molecule has 1 aliphatic carbocycles. The van der Waals surface area contributed by atoms with Gasteiger partial charge in [-0.3, -0.25) is 4.79 Å². The van der Waals surface area contributed by atoms with E-state index < -0.39 is 0 Å². The van der Waals surface area contributed by atoms with Crippen molar-refractivity contribution in [1.29, 1.82) is 0 Å². The van der Waals surface area contributed by atoms with Crippen molar-refractivity contribution in [3.05, 3.63) is 58.3 Å². The molecule has 0 aliphatic heterocycles. The number of carbonyl (C=O) groups excluding carboxylic acids is 1. The van der Waals surface area contributed by atoms with Crippen LogP contribution in [0.3, 0.4) is 0 Å². The number of aromatic nitrogens is 1. The average Bonchev–Trinajstić information content (AvgIpc) is 3.20. The summed E-state index contributed by atoms with van der Waals surface area (Å²) >= 11 is 3.30. The number of hydrogen-bond donors (Lipinski definition) is 2. The summed E-state index contributed by atoms with van der Waals surface area (Å²) in [6.45, 7) is 1.97. The molecule has 4 nitrogen and oxygen atoms in total. The summed E-state index contributed by atoms with van der Waals surface area (Å²) in [5.41, 5.74) is 5.42. The van der Waals surface area contributed by atoms with E-state index in [0.717, 1.165) is 16.6 Å². The van der Waals surface area contributed by atoms with E-state index in [0.29, 0.717) is 17.5 Å². The quantitative estimate of drug-likeness (QED) is 0.644. The minimum Gasteiger partial charge on any atom is -0.356 e. The van der Waals surface area contributed by atoms with Crippen molar-refractivity contribution in [1.82, 2.24) is 10.4 Å². The van der Waals surface area contributed by atoms with Gasteiger partial charge in [-0.1, -0.05) is 30.3 Å². The van der Waals surface area contributed by atoms with E-state index in [1.807, 2.05) is 13.0 Å². The van der Waals surface area contributed by atoms with Gasteiger partial charge in [0.25, 0.3) is 5.91 Å². The molecule has 2 unspecified atom stereocenters. The molecular formula is C16H16BrN3O. The molecule has 0 saturated heterocycles. The van der Waals surface area contributed by atoms with Gasteiger partial charge < -0.3 is 4.98 Å². The second-order valence-corrected chi connectivity index (χ2v) is 6.20. The third-order valence-electron chi connectivity index (χ3n) is 3.78. The van der Waals surface area contributed by atoms with Crippen molar-refractivity contribution in [3.63, 3.8) is 0 Å². The zero-order valence-electron chi connectivity index (χ0n) is 11.6. The van der Waals surface area contributed by atoms with Crippen molar-refractivity contribution in [2.24, 2.45) is 11.0 Å². The lowest BCUT2D eigenvalue weighted by Gasteiger charge is -2.02. The third kappa shape index (κ3) is 3.24. The Bertz CT molecular complexity index is 678. The van der Waals surface area contributed by atoms with Gasteiger partial charge in [0, 0.05) is 22.3 Å². The van der Waals surface area contributed by atoms with Gasteiger partial charge in [-0.15, -0.1) is 0 Å². The van der Waals surface area contributed by atoms with E-state index >= 15 is 0 Å². The Morgan fingerprint density at radius 3 is 2.81 bits per heavy atom. The highest BCUT2D eigenvalue weighted by atomic mass is 79.9. The molecule has 1 aromatic heterocycles. The van der Waals surface area contributed by atoms with Crippen molar-refractivity contribution < 1.29 is 4.79 Å². The van der Waals surface area contributed by atoms with Crippen LogP contribution in [0.15, 0.2) is 52.2 Å². The number of rotatable bonds is 4. The predicted molar refractivity (Wildman–Crippen MR) is 86.4 cm³/mol. The molecule has 1 heterocycles. The number of carbonyl (C=O) groups is 1. The topological polar surface area (TPSA) is 57.2 Å². The van der Waals surface area contributed by atoms with Crippen LogP contribution >= 0.6 is 15.9 Å². The first-order valence-electron chi connectivity index (χ1n) is 6.88. The number of hydrazone groups is 1. The standard InChI is InChI=1S/C16H16BrN3O/c1-10(13-8-14(13)11-5-3-2-4-6-11)19-20-16(21)15-7-12(17)9-18-15/h2-7,9,13-14,18H,8H2,1H3,(H,20,21). The van der Waals surface area contributed by atoms with E-state index in [1.54, 1.807) is 12.3 Å². The summed E-state index contributed by atoms with van der Waals surface area (Å²) < 4.78 is 0.847. The van der Waals surface area contributed by atoms with E-state index in [4.69, 9.17) is 0 Å². The molecule has 21 heavy (non-hydrogen) atoms. The maximum Gasteiger partial charge on any atom is 0.287 e. The molecule has 2 aromatic rings. The normalized spacial score (nSPS) is 21.1. The van der Waals surface area contributed by atoms with Gasteiger partial charge in [0.2, 0.25) is 0 Å². The van der Waals surface area contributed by atoms with Crippen LogP contribution in [0.1, 0.15) is 35.3 Å². The van der Waals surface area contributed by atoms with Gasteiger partial charge >= 0.3 is 0 Å². The summed E-state index contributed by atoms with van der Waals surface area (Å²) in [4.78, 5) is 14.8. The van der Waals surface area contributed by atoms with Crippen LogP contribution in [0.5, 0.6) is 0 Å². The lowest BCUT2D eigenvalue weighted by molar-refractivity contribution is 0.0950. The highest BCUT2D eigenvalue weighted by molar-refractivity contribution is 9.10. The van der Waals surface area contributed by atoms with Crippen LogP contribution in [0.4, 0.5) is 0 Å². The molecule has 3 rings (SSSR count). The fourth-order valence-corrected chi connectivity index (χ4v) is 2.85. The fourth-order valence-electron chi connectivity index (χ4n) is 2.51. The highest BCUT2D eigenvalue weighted by Crippen LogP contribution is 2.48. The first-order valence-corrected chi connectivity index (χ1v) is 7.68. The van der Waals surface area contributed by atoms with Gasteiger partial charge in [0.1, 0.15) is 5.69 Å². The van der Waals surface area contributed by atoms with E-state index in [1.165, 1.54) is 5.56 Å². The molecule has 0 bridgehead atoms. The molecule has 5 heteroatoms. The highest BCUT2D eigenvalue weighted by Gasteiger charge is 2.40. The number of nitrogens with one attached hydrogen (secondary N) is 2. The van der Waals surface area contributed by atoms with Crippen LogP contribution in [0, 0.1) is 5.92 Å². The zero-order valence-corrected chi connectivity index (χ0v) is 13.2. The molecule has 2 N–H and O–H groups in total. The first kappa shape index (κ1) is 14.1. The number of hydrogen-bond acceptors (Lipinski definition) is 2. The van der Waals surface area contributed by atoms with Gasteiger partial charge in [0.15, 0.2) is 0 Å². The summed E-state index contributed by atoms with van der Waals surface area (Å²) in [5, 5.41) is 4.23. The third-order valence-corrected chi connectivity index (χ3v) is 4.24. The summed E-state index contributed by atoms with van der Waals surface area (Å²) in [6, 6.07) is 12.2. The molecule has 2 atom stereocenters. The molecule has 1 aromatic carbocycles. The second-order valence-electron chi connectivity index (χ2n) is 5.29. The molecule has 1 amide bonds. The van der Waals surface area contributed by atoms with Gasteiger partial charge in [0.05, 0.1) is 0 Å². The van der Waals surface area contributed by atoms with Gasteiger partial charge in [-0.25, -0.2) is 5.43 Å². The van der Waals surface area contributed by atoms with Crippen LogP contribution in [-0.4, -0.2) is 16.6 Å². The first-order chi connectivity index (χ1) is 10.1. The van der Waals surface area contributed by atoms with Gasteiger partial charge in [-0.2, -0.15) is 5.10 Å². The van der Waals surface area contributed by atoms with Crippen molar-refractivity contribution in [2.45, 2.75) is 19.3 Å². The number of H-pyrrole nitrogens is 1. The molecule has 0 spiro atoms. The molecule has 1 fully saturated rings. The predicted octanol–water partition coefficient (Wildman–Crippen LogP) is 3.69. The fraction of sp³-hybridized carbons (Fsp3) is 0.250. The molecule has 108 valence electrons. The lowest BCUT2D eigenvalue weighted by Crippen LogP contribution is -2.20. The van der Waals surface area contributed by atoms with Crippen molar-refractivity contribution in [3.8, 4) is 0 Å². The lowest BCUT2D eigenvalue weighted by atomic mass is 10.1. The van der Waals surface area contributed by atoms with E-state index in [-0.39, 0.29) is 5.91 Å². The maximum atomic E-state index is 11.9. The number of benzene rings is 1. The minimum atomic E-state index is -0.225. The minimum absolute atomic E-state index is 0.225. The Labute approximate surface area is 131 Å². The van der Waals surface area contributed by atoms with E-state index in [2.05, 4.69) is 55.7 Å². The maximum absolute atomic E-state index is 11.9.